The van der Waals surface area contributed by atoms with Gasteiger partial charge in [-0.25, -0.2) is 0 Å². The Kier molecular flexibility index (Phi) is 3.47. The fraction of sp³-hybridized carbons (Fsp3) is 0.900. The van der Waals surface area contributed by atoms with Gasteiger partial charge in [0.05, 0.1) is 16.9 Å². The average Bonchev–Trinajstić information content (AvgIpc) is 3.03. The van der Waals surface area contributed by atoms with Gasteiger partial charge in [-0.05, 0) is 77.0 Å². The summed E-state index contributed by atoms with van der Waals surface area (Å²) in [5.41, 5.74) is -1.26. The first-order valence-corrected chi connectivity index (χ1v) is 9.19. The van der Waals surface area contributed by atoms with Crippen molar-refractivity contribution in [3.8, 4) is 6.07 Å². The minimum Gasteiger partial charge on any atom is -0.456 e. The molecule has 0 aliphatic heterocycles. The summed E-state index contributed by atoms with van der Waals surface area (Å²) in [5, 5.41) is 9.86. The first-order valence-electron chi connectivity index (χ1n) is 9.19. The van der Waals surface area contributed by atoms with Crippen molar-refractivity contribution in [2.75, 3.05) is 0 Å². The molecule has 1 spiro atoms. The van der Waals surface area contributed by atoms with Crippen molar-refractivity contribution in [3.05, 3.63) is 0 Å². The van der Waals surface area contributed by atoms with Crippen LogP contribution in [-0.4, -0.2) is 11.6 Å². The zero-order valence-corrected chi connectivity index (χ0v) is 15.5. The number of nitriles is 1. The highest BCUT2D eigenvalue weighted by molar-refractivity contribution is 5.76. The Morgan fingerprint density at radius 2 is 1.83 bits per heavy atom. The standard InChI is InChI=1S/C20H31NO2/c1-7-17(3,4)16(22)23-20(18(5,6)12-21)13(2)9-19-10-14(19)8-15(20)11-19/h13-15H,7-11H2,1-6H3. The number of hydrogen-bond donors (Lipinski definition) is 0. The molecule has 3 aliphatic carbocycles. The summed E-state index contributed by atoms with van der Waals surface area (Å²) in [6.45, 7) is 12.1. The molecule has 3 aliphatic rings. The van der Waals surface area contributed by atoms with Crippen LogP contribution in [0.5, 0.6) is 0 Å². The quantitative estimate of drug-likeness (QED) is 0.705. The smallest absolute Gasteiger partial charge is 0.312 e. The number of nitrogens with zero attached hydrogens (tertiary/aromatic N) is 1. The summed E-state index contributed by atoms with van der Waals surface area (Å²) >= 11 is 0. The fourth-order valence-corrected chi connectivity index (χ4v) is 5.72. The predicted molar refractivity (Wildman–Crippen MR) is 89.3 cm³/mol. The van der Waals surface area contributed by atoms with E-state index in [-0.39, 0.29) is 11.9 Å². The van der Waals surface area contributed by atoms with Crippen LogP contribution in [0.1, 0.15) is 73.6 Å². The molecule has 5 unspecified atom stereocenters. The number of fused-ring (bicyclic) bond motifs is 1. The third kappa shape index (κ3) is 2.10. The summed E-state index contributed by atoms with van der Waals surface area (Å²) in [6, 6.07) is 2.49. The monoisotopic (exact) mass is 317 g/mol. The van der Waals surface area contributed by atoms with E-state index in [9.17, 15) is 10.1 Å². The van der Waals surface area contributed by atoms with Crippen molar-refractivity contribution >= 4 is 5.97 Å². The third-order valence-corrected chi connectivity index (χ3v) is 7.59. The molecule has 0 radical (unpaired) electrons. The van der Waals surface area contributed by atoms with Crippen LogP contribution in [0.4, 0.5) is 0 Å². The van der Waals surface area contributed by atoms with Gasteiger partial charge in [-0.1, -0.05) is 13.8 Å². The lowest BCUT2D eigenvalue weighted by Crippen LogP contribution is -2.60. The minimum absolute atomic E-state index is 0.133. The van der Waals surface area contributed by atoms with Gasteiger partial charge in [0.15, 0.2) is 0 Å². The normalized spacial score (nSPS) is 41.9. The minimum atomic E-state index is -0.658. The molecule has 3 rings (SSSR count). The predicted octanol–water partition coefficient (Wildman–Crippen LogP) is 4.71. The summed E-state index contributed by atoms with van der Waals surface area (Å²) in [6.07, 6.45) is 5.49. The van der Waals surface area contributed by atoms with Crippen LogP contribution in [0.15, 0.2) is 0 Å². The van der Waals surface area contributed by atoms with E-state index in [0.717, 1.165) is 31.6 Å². The highest BCUT2D eigenvalue weighted by Crippen LogP contribution is 2.76. The van der Waals surface area contributed by atoms with Gasteiger partial charge in [0, 0.05) is 5.92 Å². The topological polar surface area (TPSA) is 50.1 Å². The number of ether oxygens (including phenoxy) is 1. The van der Waals surface area contributed by atoms with Crippen molar-refractivity contribution in [2.45, 2.75) is 79.2 Å². The van der Waals surface area contributed by atoms with Crippen LogP contribution in [0.2, 0.25) is 0 Å². The molecule has 0 heterocycles. The molecule has 0 saturated heterocycles. The van der Waals surface area contributed by atoms with Crippen molar-refractivity contribution in [2.24, 2.45) is 34.0 Å². The molecule has 3 saturated carbocycles. The lowest BCUT2D eigenvalue weighted by atomic mass is 9.56. The zero-order valence-electron chi connectivity index (χ0n) is 15.5. The van der Waals surface area contributed by atoms with Gasteiger partial charge in [-0.15, -0.1) is 0 Å². The molecule has 3 nitrogen and oxygen atoms in total. The zero-order chi connectivity index (χ0) is 17.3. The summed E-state index contributed by atoms with van der Waals surface area (Å²) in [4.78, 5) is 12.9. The lowest BCUT2D eigenvalue weighted by Gasteiger charge is -2.54. The maximum atomic E-state index is 12.9. The second-order valence-corrected chi connectivity index (χ2v) is 9.66. The molecule has 0 N–H and O–H groups in total. The fourth-order valence-electron chi connectivity index (χ4n) is 5.72. The third-order valence-electron chi connectivity index (χ3n) is 7.59. The highest BCUT2D eigenvalue weighted by atomic mass is 16.6. The van der Waals surface area contributed by atoms with Crippen LogP contribution in [0.3, 0.4) is 0 Å². The number of carbonyl (C=O) groups excluding carboxylic acids is 1. The van der Waals surface area contributed by atoms with Crippen molar-refractivity contribution in [1.29, 1.82) is 5.26 Å². The van der Waals surface area contributed by atoms with Gasteiger partial charge in [-0.3, -0.25) is 4.79 Å². The summed E-state index contributed by atoms with van der Waals surface area (Å²) < 4.78 is 6.34. The molecule has 3 fully saturated rings. The van der Waals surface area contributed by atoms with Crippen LogP contribution in [0, 0.1) is 45.3 Å². The number of hydrogen-bond acceptors (Lipinski definition) is 3. The summed E-state index contributed by atoms with van der Waals surface area (Å²) in [7, 11) is 0. The van der Waals surface area contributed by atoms with Crippen LogP contribution in [-0.2, 0) is 9.53 Å². The Labute approximate surface area is 140 Å². The molecule has 0 aromatic carbocycles. The van der Waals surface area contributed by atoms with Gasteiger partial charge in [0.1, 0.15) is 5.60 Å². The van der Waals surface area contributed by atoms with Crippen LogP contribution in [0.25, 0.3) is 0 Å². The van der Waals surface area contributed by atoms with Gasteiger partial charge in [0.2, 0.25) is 0 Å². The average molecular weight is 317 g/mol. The number of esters is 1. The SMILES string of the molecule is CCC(C)(C)C(=O)OC1(C(C)(C)C#N)C(C)CC23CC2CC1C3. The summed E-state index contributed by atoms with van der Waals surface area (Å²) in [5.74, 6) is 1.27. The van der Waals surface area contributed by atoms with E-state index >= 15 is 0 Å². The van der Waals surface area contributed by atoms with Crippen LogP contribution < -0.4 is 0 Å². The van der Waals surface area contributed by atoms with Crippen molar-refractivity contribution in [3.63, 3.8) is 0 Å². The molecule has 0 aromatic heterocycles. The first-order chi connectivity index (χ1) is 10.5. The molecular weight excluding hydrogens is 286 g/mol. The second kappa shape index (κ2) is 4.74. The van der Waals surface area contributed by atoms with E-state index in [1.54, 1.807) is 0 Å². The second-order valence-electron chi connectivity index (χ2n) is 9.66. The van der Waals surface area contributed by atoms with Gasteiger partial charge >= 0.3 is 5.97 Å². The molecule has 23 heavy (non-hydrogen) atoms. The molecule has 5 atom stereocenters. The maximum Gasteiger partial charge on any atom is 0.312 e. The van der Waals surface area contributed by atoms with E-state index in [2.05, 4.69) is 13.0 Å². The molecule has 2 bridgehead atoms. The van der Waals surface area contributed by atoms with E-state index < -0.39 is 16.4 Å². The Morgan fingerprint density at radius 1 is 1.22 bits per heavy atom. The van der Waals surface area contributed by atoms with Gasteiger partial charge in [-0.2, -0.15) is 5.26 Å². The molecule has 0 amide bonds. The highest BCUT2D eigenvalue weighted by Gasteiger charge is 2.73. The largest absolute Gasteiger partial charge is 0.456 e. The molecule has 3 heteroatoms. The number of rotatable bonds is 4. The van der Waals surface area contributed by atoms with E-state index in [4.69, 9.17) is 4.74 Å². The molecular formula is C20H31NO2. The lowest BCUT2D eigenvalue weighted by molar-refractivity contribution is -0.212. The van der Waals surface area contributed by atoms with Gasteiger partial charge < -0.3 is 4.74 Å². The van der Waals surface area contributed by atoms with Crippen molar-refractivity contribution < 1.29 is 9.53 Å². The Bertz CT molecular complexity index is 573. The van der Waals surface area contributed by atoms with Crippen molar-refractivity contribution in [1.82, 2.24) is 0 Å². The van der Waals surface area contributed by atoms with Crippen LogP contribution >= 0.6 is 0 Å². The van der Waals surface area contributed by atoms with Gasteiger partial charge in [0.25, 0.3) is 0 Å². The Morgan fingerprint density at radius 3 is 2.39 bits per heavy atom. The number of carbonyl (C=O) groups is 1. The van der Waals surface area contributed by atoms with E-state index in [0.29, 0.717) is 11.3 Å². The van der Waals surface area contributed by atoms with E-state index in [1.807, 2.05) is 34.6 Å². The first kappa shape index (κ1) is 16.8. The Balaban J connectivity index is 2.00. The molecule has 128 valence electrons. The molecule has 0 aromatic rings. The Hall–Kier alpha value is -1.04. The van der Waals surface area contributed by atoms with E-state index in [1.165, 1.54) is 6.42 Å². The maximum absolute atomic E-state index is 12.9.